The second-order valence-corrected chi connectivity index (χ2v) is 9.05. The number of carbonyl (C=O) groups excluding carboxylic acids is 1. The molecule has 158 valence electrons. The van der Waals surface area contributed by atoms with E-state index >= 15 is 0 Å². The van der Waals surface area contributed by atoms with E-state index in [0.29, 0.717) is 23.3 Å². The number of hydrogen-bond donors (Lipinski definition) is 0. The maximum absolute atomic E-state index is 13.0. The van der Waals surface area contributed by atoms with Crippen molar-refractivity contribution < 1.29 is 13.9 Å². The molecule has 1 aromatic carbocycles. The van der Waals surface area contributed by atoms with Crippen molar-refractivity contribution in [3.63, 3.8) is 0 Å². The Labute approximate surface area is 179 Å². The molecular weight excluding hydrogens is 400 g/mol. The molecule has 30 heavy (non-hydrogen) atoms. The second-order valence-electron chi connectivity index (χ2n) is 7.81. The lowest BCUT2D eigenvalue weighted by Gasteiger charge is -2.30. The molecule has 0 N–H and O–H groups in total. The number of nitrogens with zero attached hydrogens (tertiary/aromatic N) is 2. The van der Waals surface area contributed by atoms with Gasteiger partial charge in [0.25, 0.3) is 0 Å². The third-order valence-electron chi connectivity index (χ3n) is 5.97. The monoisotopic (exact) mass is 426 g/mol. The van der Waals surface area contributed by atoms with Crippen molar-refractivity contribution >= 4 is 28.2 Å². The molecule has 6 nitrogen and oxygen atoms in total. The Balaban J connectivity index is 1.53. The fourth-order valence-electron chi connectivity index (χ4n) is 4.26. The van der Waals surface area contributed by atoms with Gasteiger partial charge in [-0.25, -0.2) is 9.78 Å². The molecule has 0 fully saturated rings. The molecule has 7 heteroatoms. The summed E-state index contributed by atoms with van der Waals surface area (Å²) in [5, 5.41) is 1.91. The zero-order valence-electron chi connectivity index (χ0n) is 17.8. The van der Waals surface area contributed by atoms with Crippen LogP contribution in [0.25, 0.3) is 11.0 Å². The van der Waals surface area contributed by atoms with E-state index in [4.69, 9.17) is 9.15 Å². The number of hydrogen-bond acceptors (Lipinski definition) is 6. The van der Waals surface area contributed by atoms with Crippen molar-refractivity contribution in [3.05, 3.63) is 55.3 Å². The maximum atomic E-state index is 13.0. The molecule has 0 aliphatic heterocycles. The molecule has 2 heterocycles. The van der Waals surface area contributed by atoms with Gasteiger partial charge in [0.2, 0.25) is 5.91 Å². The molecule has 0 radical (unpaired) electrons. The predicted octanol–water partition coefficient (Wildman–Crippen LogP) is 4.34. The Morgan fingerprint density at radius 2 is 2.17 bits per heavy atom. The molecule has 0 bridgehead atoms. The van der Waals surface area contributed by atoms with Gasteiger partial charge in [-0.3, -0.25) is 4.79 Å². The van der Waals surface area contributed by atoms with Gasteiger partial charge in [-0.1, -0.05) is 0 Å². The first-order valence-electron chi connectivity index (χ1n) is 10.2. The Morgan fingerprint density at radius 1 is 1.37 bits per heavy atom. The van der Waals surface area contributed by atoms with E-state index in [9.17, 15) is 9.59 Å². The minimum absolute atomic E-state index is 0.0348. The van der Waals surface area contributed by atoms with Crippen LogP contribution < -0.4 is 10.4 Å². The van der Waals surface area contributed by atoms with Gasteiger partial charge in [0, 0.05) is 30.5 Å². The molecule has 4 rings (SSSR count). The van der Waals surface area contributed by atoms with Crippen LogP contribution in [0.2, 0.25) is 0 Å². The lowest BCUT2D eigenvalue weighted by Crippen LogP contribution is -2.33. The summed E-state index contributed by atoms with van der Waals surface area (Å²) in [6, 6.07) is 5.52. The smallest absolute Gasteiger partial charge is 0.339 e. The number of benzene rings is 1. The maximum Gasteiger partial charge on any atom is 0.339 e. The molecule has 2 aromatic heterocycles. The summed E-state index contributed by atoms with van der Waals surface area (Å²) in [7, 11) is 3.44. The van der Waals surface area contributed by atoms with Crippen LogP contribution in [-0.2, 0) is 17.6 Å². The van der Waals surface area contributed by atoms with Gasteiger partial charge < -0.3 is 14.1 Å². The molecule has 1 aliphatic carbocycles. The summed E-state index contributed by atoms with van der Waals surface area (Å²) in [6.07, 6.45) is 3.61. The summed E-state index contributed by atoms with van der Waals surface area (Å²) >= 11 is 1.69. The zero-order valence-corrected chi connectivity index (χ0v) is 18.6. The third-order valence-corrected chi connectivity index (χ3v) is 7.09. The highest BCUT2D eigenvalue weighted by Gasteiger charge is 2.29. The van der Waals surface area contributed by atoms with Crippen LogP contribution in [0.15, 0.2) is 27.4 Å². The van der Waals surface area contributed by atoms with Crippen LogP contribution in [0, 0.1) is 13.8 Å². The Hall–Kier alpha value is -2.67. The van der Waals surface area contributed by atoms with Gasteiger partial charge in [0.05, 0.1) is 28.7 Å². The second kappa shape index (κ2) is 8.22. The number of ether oxygens (including phenoxy) is 1. The fraction of sp³-hybridized carbons (Fsp3) is 0.435. The van der Waals surface area contributed by atoms with Gasteiger partial charge >= 0.3 is 5.63 Å². The average Bonchev–Trinajstić information content (AvgIpc) is 3.12. The summed E-state index contributed by atoms with van der Waals surface area (Å²) in [6.45, 7) is 3.92. The summed E-state index contributed by atoms with van der Waals surface area (Å²) in [5.41, 5.74) is 2.67. The Morgan fingerprint density at radius 3 is 2.93 bits per heavy atom. The normalized spacial score (nSPS) is 15.8. The number of rotatable bonds is 5. The van der Waals surface area contributed by atoms with Gasteiger partial charge in [-0.15, -0.1) is 11.3 Å². The van der Waals surface area contributed by atoms with E-state index in [-0.39, 0.29) is 24.0 Å². The quantitative estimate of drug-likeness (QED) is 0.568. The van der Waals surface area contributed by atoms with Crippen LogP contribution in [0.1, 0.15) is 52.0 Å². The van der Waals surface area contributed by atoms with E-state index in [2.05, 4.69) is 4.98 Å². The van der Waals surface area contributed by atoms with Gasteiger partial charge in [0.15, 0.2) is 0 Å². The summed E-state index contributed by atoms with van der Waals surface area (Å²) < 4.78 is 10.7. The fourth-order valence-corrected chi connectivity index (χ4v) is 5.41. The third kappa shape index (κ3) is 3.74. The average molecular weight is 427 g/mol. The lowest BCUT2D eigenvalue weighted by atomic mass is 9.96. The van der Waals surface area contributed by atoms with Crippen molar-refractivity contribution in [2.75, 3.05) is 14.2 Å². The van der Waals surface area contributed by atoms with Crippen molar-refractivity contribution in [1.29, 1.82) is 0 Å². The van der Waals surface area contributed by atoms with Crippen LogP contribution in [0.3, 0.4) is 0 Å². The van der Waals surface area contributed by atoms with Gasteiger partial charge in [-0.2, -0.15) is 0 Å². The minimum Gasteiger partial charge on any atom is -0.497 e. The molecule has 0 saturated carbocycles. The van der Waals surface area contributed by atoms with E-state index in [1.165, 1.54) is 4.88 Å². The molecule has 1 amide bonds. The van der Waals surface area contributed by atoms with Gasteiger partial charge in [0.1, 0.15) is 11.3 Å². The highest BCUT2D eigenvalue weighted by molar-refractivity contribution is 7.11. The molecule has 1 aliphatic rings. The minimum atomic E-state index is -0.387. The first-order chi connectivity index (χ1) is 14.4. The topological polar surface area (TPSA) is 72.6 Å². The van der Waals surface area contributed by atoms with E-state index in [0.717, 1.165) is 40.9 Å². The lowest BCUT2D eigenvalue weighted by molar-refractivity contribution is -0.132. The Bertz CT molecular complexity index is 1160. The molecule has 0 unspecified atom stereocenters. The van der Waals surface area contributed by atoms with E-state index in [1.807, 2.05) is 37.9 Å². The summed E-state index contributed by atoms with van der Waals surface area (Å²) in [4.78, 5) is 33.2. The van der Waals surface area contributed by atoms with Crippen molar-refractivity contribution in [2.24, 2.45) is 0 Å². The van der Waals surface area contributed by atoms with Gasteiger partial charge in [-0.05, 0) is 57.2 Å². The number of aromatic nitrogens is 1. The van der Waals surface area contributed by atoms with Crippen LogP contribution in [0.5, 0.6) is 5.75 Å². The first kappa shape index (κ1) is 20.6. The van der Waals surface area contributed by atoms with E-state index in [1.54, 1.807) is 24.5 Å². The molecule has 0 spiro atoms. The number of amides is 1. The standard InChI is InChI=1S/C23H26N2O4S/c1-13-16-9-8-15(28-4)12-20(16)29-23(27)17(13)10-11-21(26)25(3)19-7-5-6-18-22(19)30-14(2)24-18/h8-9,12,19H,5-7,10-11H2,1-4H3/t19-/m0/s1. The number of methoxy groups -OCH3 is 1. The number of aryl methyl sites for hydroxylation is 3. The zero-order chi connectivity index (χ0) is 21.4. The van der Waals surface area contributed by atoms with Crippen molar-refractivity contribution in [2.45, 2.75) is 52.0 Å². The SMILES string of the molecule is COc1ccc2c(C)c(CCC(=O)N(C)[C@H]3CCCc4nc(C)sc43)c(=O)oc2c1. The number of carbonyl (C=O) groups is 1. The number of thiazole rings is 1. The predicted molar refractivity (Wildman–Crippen MR) is 117 cm³/mol. The first-order valence-corrected chi connectivity index (χ1v) is 11.0. The number of fused-ring (bicyclic) bond motifs is 2. The largest absolute Gasteiger partial charge is 0.497 e. The highest BCUT2D eigenvalue weighted by Crippen LogP contribution is 2.37. The van der Waals surface area contributed by atoms with Crippen LogP contribution in [-0.4, -0.2) is 29.9 Å². The molecule has 0 saturated heterocycles. The van der Waals surface area contributed by atoms with Crippen LogP contribution >= 0.6 is 11.3 Å². The van der Waals surface area contributed by atoms with Crippen molar-refractivity contribution in [1.82, 2.24) is 9.88 Å². The highest BCUT2D eigenvalue weighted by atomic mass is 32.1. The molecule has 1 atom stereocenters. The molecular formula is C23H26N2O4S. The van der Waals surface area contributed by atoms with Crippen molar-refractivity contribution in [3.8, 4) is 5.75 Å². The van der Waals surface area contributed by atoms with Crippen LogP contribution in [0.4, 0.5) is 0 Å². The summed E-state index contributed by atoms with van der Waals surface area (Å²) in [5.74, 6) is 0.673. The van der Waals surface area contributed by atoms with E-state index < -0.39 is 0 Å². The molecule has 3 aromatic rings. The Kier molecular flexibility index (Phi) is 5.64.